The summed E-state index contributed by atoms with van der Waals surface area (Å²) in [5, 5.41) is 23.0. The Hall–Kier alpha value is -1.92. The summed E-state index contributed by atoms with van der Waals surface area (Å²) < 4.78 is 5.47. The molecule has 0 bridgehead atoms. The maximum Gasteiger partial charge on any atom is 0.305 e. The predicted molar refractivity (Wildman–Crippen MR) is 287 cm³/mol. The maximum atomic E-state index is 12.4. The minimum absolute atomic E-state index is 0.00777. The Balaban J connectivity index is 3.46. The van der Waals surface area contributed by atoms with E-state index in [1.807, 2.05) is 6.08 Å². The summed E-state index contributed by atoms with van der Waals surface area (Å²) in [7, 11) is 0. The number of carbonyl (C=O) groups excluding carboxylic acids is 2. The maximum absolute atomic E-state index is 12.4. The zero-order valence-corrected chi connectivity index (χ0v) is 44.2. The van der Waals surface area contributed by atoms with Gasteiger partial charge in [-0.1, -0.05) is 269 Å². The minimum Gasteiger partial charge on any atom is -0.466 e. The first-order valence-corrected chi connectivity index (χ1v) is 29.3. The van der Waals surface area contributed by atoms with Crippen LogP contribution in [-0.2, 0) is 14.3 Å². The van der Waals surface area contributed by atoms with E-state index >= 15 is 0 Å². The van der Waals surface area contributed by atoms with Crippen LogP contribution >= 0.6 is 0 Å². The summed E-state index contributed by atoms with van der Waals surface area (Å²) >= 11 is 0. The Kier molecular flexibility index (Phi) is 54.1. The van der Waals surface area contributed by atoms with Gasteiger partial charge in [0.25, 0.3) is 0 Å². The van der Waals surface area contributed by atoms with Gasteiger partial charge < -0.3 is 20.3 Å². The number of hydrogen-bond acceptors (Lipinski definition) is 5. The van der Waals surface area contributed by atoms with Crippen LogP contribution in [0.4, 0.5) is 0 Å². The summed E-state index contributed by atoms with van der Waals surface area (Å²) in [5.41, 5.74) is 0. The lowest BCUT2D eigenvalue weighted by Gasteiger charge is -2.20. The fraction of sp³-hybridized carbons (Fsp3) is 0.867. The lowest BCUT2D eigenvalue weighted by Crippen LogP contribution is -2.45. The van der Waals surface area contributed by atoms with E-state index in [4.69, 9.17) is 4.74 Å². The Bertz CT molecular complexity index is 1070. The third-order valence-corrected chi connectivity index (χ3v) is 13.4. The first kappa shape index (κ1) is 64.1. The number of ether oxygens (including phenoxy) is 1. The van der Waals surface area contributed by atoms with Gasteiger partial charge in [0, 0.05) is 12.8 Å². The van der Waals surface area contributed by atoms with Crippen molar-refractivity contribution in [3.8, 4) is 0 Å². The van der Waals surface area contributed by atoms with Gasteiger partial charge in [-0.3, -0.25) is 9.59 Å². The number of carbonyl (C=O) groups is 2. The Morgan fingerprint density at radius 2 is 0.758 bits per heavy atom. The molecule has 0 aliphatic carbocycles. The van der Waals surface area contributed by atoms with Crippen molar-refractivity contribution in [2.45, 2.75) is 321 Å². The molecule has 0 aromatic carbocycles. The molecule has 0 saturated carbocycles. The van der Waals surface area contributed by atoms with Gasteiger partial charge in [-0.2, -0.15) is 0 Å². The predicted octanol–water partition coefficient (Wildman–Crippen LogP) is 18.0. The van der Waals surface area contributed by atoms with Gasteiger partial charge in [-0.15, -0.1) is 0 Å². The van der Waals surface area contributed by atoms with Crippen LogP contribution in [0.15, 0.2) is 36.5 Å². The van der Waals surface area contributed by atoms with Gasteiger partial charge in [0.2, 0.25) is 5.91 Å². The average molecular weight is 929 g/mol. The highest BCUT2D eigenvalue weighted by molar-refractivity contribution is 5.76. The number of esters is 1. The molecule has 0 heterocycles. The molecule has 0 saturated heterocycles. The van der Waals surface area contributed by atoms with E-state index in [1.165, 1.54) is 225 Å². The van der Waals surface area contributed by atoms with E-state index < -0.39 is 12.1 Å². The molecule has 0 radical (unpaired) electrons. The van der Waals surface area contributed by atoms with Crippen molar-refractivity contribution in [3.63, 3.8) is 0 Å². The number of aliphatic hydroxyl groups excluding tert-OH is 2. The first-order valence-electron chi connectivity index (χ1n) is 29.3. The second kappa shape index (κ2) is 55.7. The number of hydrogen-bond donors (Lipinski definition) is 3. The molecule has 6 nitrogen and oxygen atoms in total. The number of rotatable bonds is 54. The van der Waals surface area contributed by atoms with Gasteiger partial charge in [0.15, 0.2) is 0 Å². The van der Waals surface area contributed by atoms with Gasteiger partial charge in [-0.05, 0) is 64.2 Å². The van der Waals surface area contributed by atoms with Gasteiger partial charge in [-0.25, -0.2) is 0 Å². The van der Waals surface area contributed by atoms with E-state index in [-0.39, 0.29) is 18.5 Å². The second-order valence-electron chi connectivity index (χ2n) is 20.0. The van der Waals surface area contributed by atoms with Gasteiger partial charge >= 0.3 is 5.97 Å². The molecule has 1 amide bonds. The quantitative estimate of drug-likeness (QED) is 0.0321. The lowest BCUT2D eigenvalue weighted by atomic mass is 10.0. The highest BCUT2D eigenvalue weighted by atomic mass is 16.5. The third kappa shape index (κ3) is 51.5. The van der Waals surface area contributed by atoms with Crippen molar-refractivity contribution in [2.75, 3.05) is 13.2 Å². The zero-order valence-electron chi connectivity index (χ0n) is 44.2. The summed E-state index contributed by atoms with van der Waals surface area (Å²) in [6, 6.07) is -0.635. The number of unbranched alkanes of at least 4 members (excludes halogenated alkanes) is 39. The molecule has 0 aliphatic heterocycles. The number of aliphatic hydroxyl groups is 2. The molecule has 66 heavy (non-hydrogen) atoms. The molecule has 0 aromatic heterocycles. The normalized spacial score (nSPS) is 12.8. The van der Waals surface area contributed by atoms with Crippen LogP contribution in [0.2, 0.25) is 0 Å². The van der Waals surface area contributed by atoms with Crippen molar-refractivity contribution in [1.82, 2.24) is 5.32 Å². The molecule has 0 aromatic rings. The molecule has 0 spiro atoms. The van der Waals surface area contributed by atoms with E-state index in [2.05, 4.69) is 43.5 Å². The molecule has 0 aliphatic rings. The molecule has 2 unspecified atom stereocenters. The largest absolute Gasteiger partial charge is 0.466 e. The van der Waals surface area contributed by atoms with Crippen LogP contribution in [0.1, 0.15) is 309 Å². The minimum atomic E-state index is -0.850. The number of nitrogens with one attached hydrogen (secondary N) is 1. The van der Waals surface area contributed by atoms with Crippen molar-refractivity contribution in [3.05, 3.63) is 36.5 Å². The third-order valence-electron chi connectivity index (χ3n) is 13.4. The second-order valence-corrected chi connectivity index (χ2v) is 20.0. The zero-order chi connectivity index (χ0) is 47.9. The fourth-order valence-corrected chi connectivity index (χ4v) is 8.90. The Morgan fingerprint density at radius 1 is 0.424 bits per heavy atom. The number of allylic oxidation sites excluding steroid dienone is 5. The fourth-order valence-electron chi connectivity index (χ4n) is 8.90. The van der Waals surface area contributed by atoms with Crippen molar-refractivity contribution in [1.29, 1.82) is 0 Å². The Labute approximate surface area is 411 Å². The molecule has 0 rings (SSSR count). The molecular formula is C60H113NO5. The summed E-state index contributed by atoms with van der Waals surface area (Å²) in [6.07, 6.45) is 68.8. The van der Waals surface area contributed by atoms with Crippen LogP contribution < -0.4 is 5.32 Å². The first-order chi connectivity index (χ1) is 32.5. The summed E-state index contributed by atoms with van der Waals surface area (Å²) in [5.74, 6) is -0.0708. The highest BCUT2D eigenvalue weighted by Crippen LogP contribution is 2.16. The molecular weight excluding hydrogens is 815 g/mol. The van der Waals surface area contributed by atoms with Gasteiger partial charge in [0.1, 0.15) is 0 Å². The number of amides is 1. The topological polar surface area (TPSA) is 95.9 Å². The van der Waals surface area contributed by atoms with Crippen LogP contribution in [-0.4, -0.2) is 47.4 Å². The lowest BCUT2D eigenvalue weighted by molar-refractivity contribution is -0.143. The molecule has 3 N–H and O–H groups in total. The van der Waals surface area contributed by atoms with Gasteiger partial charge in [0.05, 0.1) is 25.4 Å². The van der Waals surface area contributed by atoms with Crippen molar-refractivity contribution < 1.29 is 24.5 Å². The van der Waals surface area contributed by atoms with Crippen LogP contribution in [0, 0.1) is 0 Å². The van der Waals surface area contributed by atoms with Crippen LogP contribution in [0.5, 0.6) is 0 Å². The van der Waals surface area contributed by atoms with E-state index in [0.29, 0.717) is 19.4 Å². The summed E-state index contributed by atoms with van der Waals surface area (Å²) in [6.45, 7) is 4.90. The Morgan fingerprint density at radius 3 is 1.15 bits per heavy atom. The van der Waals surface area contributed by atoms with E-state index in [9.17, 15) is 19.8 Å². The summed E-state index contributed by atoms with van der Waals surface area (Å²) in [4.78, 5) is 24.5. The van der Waals surface area contributed by atoms with E-state index in [1.54, 1.807) is 6.08 Å². The molecule has 6 heteroatoms. The molecule has 388 valence electrons. The SMILES string of the molecule is CCCCCCCCCCCCC/C=C/C(O)C(CO)NC(=O)CCCCCCCCC/C=C\C/C=C\CCCCCCCCCCCOC(=O)CCCCCCCCCCCCCCC. The average Bonchev–Trinajstić information content (AvgIpc) is 3.32. The molecule has 2 atom stereocenters. The van der Waals surface area contributed by atoms with E-state index in [0.717, 1.165) is 57.8 Å². The highest BCUT2D eigenvalue weighted by Gasteiger charge is 2.18. The molecule has 0 fully saturated rings. The standard InChI is InChI=1S/C60H113NO5/c1-3-5-7-9-11-13-15-28-32-36-40-44-48-52-58(63)57(56-62)61-59(64)53-49-45-41-37-33-30-26-24-22-20-18-17-19-21-23-25-27-31-35-39-43-47-51-55-66-60(65)54-50-46-42-38-34-29-16-14-12-10-8-6-4-2/h17,19-20,22,48,52,57-58,62-63H,3-16,18,21,23-47,49-51,53-56H2,1-2H3,(H,61,64)/b19-17-,22-20-,52-48+. The van der Waals surface area contributed by atoms with Crippen molar-refractivity contribution in [2.24, 2.45) is 0 Å². The monoisotopic (exact) mass is 928 g/mol. The van der Waals surface area contributed by atoms with Crippen LogP contribution in [0.25, 0.3) is 0 Å². The van der Waals surface area contributed by atoms with Crippen molar-refractivity contribution >= 4 is 11.9 Å². The smallest absolute Gasteiger partial charge is 0.305 e. The van der Waals surface area contributed by atoms with Crippen LogP contribution in [0.3, 0.4) is 0 Å².